The Kier molecular flexibility index (Phi) is 6.27. The number of halogens is 6. The third-order valence-corrected chi connectivity index (χ3v) is 6.17. The van der Waals surface area contributed by atoms with Crippen molar-refractivity contribution in [3.05, 3.63) is 24.3 Å². The van der Waals surface area contributed by atoms with Crippen LogP contribution in [0.2, 0.25) is 0 Å². The Morgan fingerprint density at radius 1 is 0.967 bits per heavy atom. The van der Waals surface area contributed by atoms with Crippen LogP contribution in [0.15, 0.2) is 24.3 Å². The molecule has 1 amide bonds. The number of hydrogen-bond acceptors (Lipinski definition) is 3. The maximum atomic E-state index is 13.2. The van der Waals surface area contributed by atoms with Gasteiger partial charge >= 0.3 is 12.4 Å². The minimum atomic E-state index is -5.43. The average Bonchev–Trinajstić information content (AvgIpc) is 3.16. The number of amides is 1. The monoisotopic (exact) mass is 437 g/mol. The van der Waals surface area contributed by atoms with Crippen LogP contribution in [0.1, 0.15) is 32.6 Å². The predicted molar refractivity (Wildman–Crippen MR) is 101 cm³/mol. The number of hydrogen-bond donors (Lipinski definition) is 1. The molecule has 0 saturated carbocycles. The second kappa shape index (κ2) is 8.28. The lowest BCUT2D eigenvalue weighted by molar-refractivity contribution is -0.335. The van der Waals surface area contributed by atoms with Gasteiger partial charge in [-0.25, -0.2) is 0 Å². The van der Waals surface area contributed by atoms with Crippen LogP contribution in [-0.2, 0) is 4.79 Å². The fourth-order valence-electron chi connectivity index (χ4n) is 4.11. The highest BCUT2D eigenvalue weighted by molar-refractivity contribution is 5.94. The zero-order valence-electron chi connectivity index (χ0n) is 16.6. The molecule has 2 saturated heterocycles. The lowest BCUT2D eigenvalue weighted by Gasteiger charge is -2.34. The van der Waals surface area contributed by atoms with Gasteiger partial charge in [-0.05, 0) is 56.9 Å². The van der Waals surface area contributed by atoms with E-state index in [1.165, 1.54) is 13.3 Å². The summed E-state index contributed by atoms with van der Waals surface area (Å²) in [7, 11) is 0. The number of nitrogens with zero attached hydrogens (tertiary/aromatic N) is 2. The first-order valence-electron chi connectivity index (χ1n) is 9.98. The third kappa shape index (κ3) is 4.38. The highest BCUT2D eigenvalue weighted by Gasteiger charge is 2.72. The molecule has 3 rings (SSSR count). The number of alkyl halides is 6. The van der Waals surface area contributed by atoms with Crippen LogP contribution in [-0.4, -0.2) is 55.4 Å². The van der Waals surface area contributed by atoms with Crippen molar-refractivity contribution < 1.29 is 31.1 Å². The van der Waals surface area contributed by atoms with E-state index in [0.717, 1.165) is 36.5 Å². The summed E-state index contributed by atoms with van der Waals surface area (Å²) in [6.07, 6.45) is -8.54. The predicted octanol–water partition coefficient (Wildman–Crippen LogP) is 4.82. The van der Waals surface area contributed by atoms with Gasteiger partial charge in [0.2, 0.25) is 5.91 Å². The highest BCUT2D eigenvalue weighted by Crippen LogP contribution is 2.55. The summed E-state index contributed by atoms with van der Waals surface area (Å²) >= 11 is 0. The minimum Gasteiger partial charge on any atom is -0.372 e. The SMILES string of the molecule is CC(C(=O)Nc1ccc(N2CCCCC2)cc1)N1CCC(C(F)(F)F)(C(F)(F)F)C1. The molecule has 1 atom stereocenters. The number of carbonyl (C=O) groups is 1. The van der Waals surface area contributed by atoms with E-state index in [9.17, 15) is 31.1 Å². The molecule has 30 heavy (non-hydrogen) atoms. The minimum absolute atomic E-state index is 0.449. The van der Waals surface area contributed by atoms with Crippen molar-refractivity contribution in [2.24, 2.45) is 5.41 Å². The normalized spacial score (nSPS) is 21.5. The Morgan fingerprint density at radius 3 is 2.03 bits per heavy atom. The van der Waals surface area contributed by atoms with E-state index in [4.69, 9.17) is 0 Å². The van der Waals surface area contributed by atoms with Crippen molar-refractivity contribution in [2.75, 3.05) is 36.4 Å². The molecule has 2 heterocycles. The van der Waals surface area contributed by atoms with Crippen molar-refractivity contribution in [1.82, 2.24) is 4.90 Å². The van der Waals surface area contributed by atoms with Gasteiger partial charge in [-0.3, -0.25) is 9.69 Å². The summed E-state index contributed by atoms with van der Waals surface area (Å²) < 4.78 is 79.4. The molecule has 10 heteroatoms. The van der Waals surface area contributed by atoms with E-state index in [1.54, 1.807) is 12.1 Å². The molecule has 1 N–H and O–H groups in total. The molecule has 1 unspecified atom stereocenters. The van der Waals surface area contributed by atoms with Crippen LogP contribution < -0.4 is 10.2 Å². The lowest BCUT2D eigenvalue weighted by Crippen LogP contribution is -2.53. The maximum absolute atomic E-state index is 13.2. The fourth-order valence-corrected chi connectivity index (χ4v) is 4.11. The quantitative estimate of drug-likeness (QED) is 0.686. The number of carbonyl (C=O) groups excluding carboxylic acids is 1. The van der Waals surface area contributed by atoms with Gasteiger partial charge in [0.1, 0.15) is 0 Å². The smallest absolute Gasteiger partial charge is 0.372 e. The molecule has 1 aromatic rings. The number of rotatable bonds is 4. The summed E-state index contributed by atoms with van der Waals surface area (Å²) in [4.78, 5) is 15.6. The van der Waals surface area contributed by atoms with Crippen LogP contribution in [0.5, 0.6) is 0 Å². The van der Waals surface area contributed by atoms with Crippen molar-refractivity contribution in [1.29, 1.82) is 0 Å². The standard InChI is InChI=1S/C20H25F6N3O/c1-14(29-12-9-18(13-29,19(21,22)23)20(24,25)26)17(30)27-15-5-7-16(8-6-15)28-10-3-2-4-11-28/h5-8,14H,2-4,9-13H2,1H3,(H,27,30). The largest absolute Gasteiger partial charge is 0.404 e. The van der Waals surface area contributed by atoms with Gasteiger partial charge in [0.15, 0.2) is 5.41 Å². The summed E-state index contributed by atoms with van der Waals surface area (Å²) in [6, 6.07) is 5.94. The van der Waals surface area contributed by atoms with E-state index >= 15 is 0 Å². The molecule has 0 aromatic heterocycles. The van der Waals surface area contributed by atoms with E-state index in [1.807, 2.05) is 12.1 Å². The van der Waals surface area contributed by atoms with Crippen molar-refractivity contribution in [2.45, 2.75) is 51.0 Å². The molecule has 1 aromatic carbocycles. The molecular weight excluding hydrogens is 412 g/mol. The van der Waals surface area contributed by atoms with Crippen LogP contribution in [0, 0.1) is 5.41 Å². The number of likely N-dealkylation sites (tertiary alicyclic amines) is 1. The van der Waals surface area contributed by atoms with E-state index in [-0.39, 0.29) is 0 Å². The zero-order valence-corrected chi connectivity index (χ0v) is 16.6. The topological polar surface area (TPSA) is 35.6 Å². The molecule has 0 radical (unpaired) electrons. The number of piperidine rings is 1. The first-order chi connectivity index (χ1) is 13.9. The third-order valence-electron chi connectivity index (χ3n) is 6.17. The lowest BCUT2D eigenvalue weighted by atomic mass is 9.85. The Labute approximate surface area is 171 Å². The van der Waals surface area contributed by atoms with Crippen LogP contribution in [0.3, 0.4) is 0 Å². The van der Waals surface area contributed by atoms with Crippen molar-refractivity contribution in [3.8, 4) is 0 Å². The van der Waals surface area contributed by atoms with Crippen LogP contribution in [0.4, 0.5) is 37.7 Å². The van der Waals surface area contributed by atoms with Crippen molar-refractivity contribution in [3.63, 3.8) is 0 Å². The van der Waals surface area contributed by atoms with Gasteiger partial charge in [-0.15, -0.1) is 0 Å². The highest BCUT2D eigenvalue weighted by atomic mass is 19.4. The zero-order chi connectivity index (χ0) is 22.2. The first-order valence-corrected chi connectivity index (χ1v) is 9.98. The molecular formula is C20H25F6N3O. The summed E-state index contributed by atoms with van der Waals surface area (Å²) in [6.45, 7) is 1.50. The Bertz CT molecular complexity index is 726. The average molecular weight is 437 g/mol. The molecule has 2 aliphatic rings. The Hall–Kier alpha value is -1.97. The van der Waals surface area contributed by atoms with Gasteiger partial charge in [0.25, 0.3) is 0 Å². The number of anilines is 2. The van der Waals surface area contributed by atoms with Gasteiger partial charge in [-0.1, -0.05) is 0 Å². The van der Waals surface area contributed by atoms with Crippen LogP contribution >= 0.6 is 0 Å². The number of nitrogens with one attached hydrogen (secondary N) is 1. The molecule has 2 fully saturated rings. The van der Waals surface area contributed by atoms with E-state index in [2.05, 4.69) is 10.2 Å². The van der Waals surface area contributed by atoms with Crippen LogP contribution in [0.25, 0.3) is 0 Å². The molecule has 0 spiro atoms. The second-order valence-corrected chi connectivity index (χ2v) is 8.06. The van der Waals surface area contributed by atoms with Crippen molar-refractivity contribution >= 4 is 17.3 Å². The first kappa shape index (κ1) is 22.7. The molecule has 0 aliphatic carbocycles. The van der Waals surface area contributed by atoms with Gasteiger partial charge in [-0.2, -0.15) is 26.3 Å². The molecule has 4 nitrogen and oxygen atoms in total. The molecule has 168 valence electrons. The number of benzene rings is 1. The summed E-state index contributed by atoms with van der Waals surface area (Å²) in [5, 5.41) is 2.59. The van der Waals surface area contributed by atoms with Gasteiger partial charge in [0.05, 0.1) is 6.04 Å². The maximum Gasteiger partial charge on any atom is 0.404 e. The molecule has 2 aliphatic heterocycles. The van der Waals surface area contributed by atoms with Gasteiger partial charge in [0, 0.05) is 37.6 Å². The Balaban J connectivity index is 1.63. The summed E-state index contributed by atoms with van der Waals surface area (Å²) in [5.74, 6) is -0.638. The van der Waals surface area contributed by atoms with E-state index in [0.29, 0.717) is 5.69 Å². The Morgan fingerprint density at radius 2 is 1.53 bits per heavy atom. The van der Waals surface area contributed by atoms with Gasteiger partial charge < -0.3 is 10.2 Å². The van der Waals surface area contributed by atoms with E-state index < -0.39 is 49.2 Å². The summed E-state index contributed by atoms with van der Waals surface area (Å²) in [5.41, 5.74) is -2.34. The fraction of sp³-hybridized carbons (Fsp3) is 0.650. The second-order valence-electron chi connectivity index (χ2n) is 8.06. The molecule has 0 bridgehead atoms.